The van der Waals surface area contributed by atoms with Gasteiger partial charge in [-0.1, -0.05) is 0 Å². The van der Waals surface area contributed by atoms with Gasteiger partial charge in [0.15, 0.2) is 0 Å². The lowest BCUT2D eigenvalue weighted by molar-refractivity contribution is 0.400. The van der Waals surface area contributed by atoms with Crippen LogP contribution in [0.1, 0.15) is 39.5 Å². The average molecular weight is 166 g/mol. The number of rotatable bonds is 2. The van der Waals surface area contributed by atoms with Crippen molar-refractivity contribution in [2.75, 3.05) is 6.54 Å². The summed E-state index contributed by atoms with van der Waals surface area (Å²) in [7, 11) is 0. The Labute approximate surface area is 74.5 Å². The minimum absolute atomic E-state index is 0.295. The fourth-order valence-corrected chi connectivity index (χ4v) is 1.92. The van der Waals surface area contributed by atoms with Crippen molar-refractivity contribution in [2.45, 2.75) is 45.1 Å². The van der Waals surface area contributed by atoms with Gasteiger partial charge in [0.2, 0.25) is 0 Å². The van der Waals surface area contributed by atoms with E-state index in [1.54, 1.807) is 0 Å². The molecule has 0 amide bonds. The highest BCUT2D eigenvalue weighted by Crippen LogP contribution is 2.39. The fraction of sp³-hybridized carbons (Fsp3) is 0.900. The van der Waals surface area contributed by atoms with Gasteiger partial charge in [0.25, 0.3) is 0 Å². The Morgan fingerprint density at radius 3 is 2.67 bits per heavy atom. The summed E-state index contributed by atoms with van der Waals surface area (Å²) in [6.07, 6.45) is 5.19. The molecule has 0 spiro atoms. The monoisotopic (exact) mass is 166 g/mol. The molecule has 0 unspecified atom stereocenters. The van der Waals surface area contributed by atoms with E-state index in [1.165, 1.54) is 25.1 Å². The van der Waals surface area contributed by atoms with E-state index in [2.05, 4.69) is 24.2 Å². The fourth-order valence-electron chi connectivity index (χ4n) is 1.92. The van der Waals surface area contributed by atoms with E-state index in [-0.39, 0.29) is 0 Å². The molecule has 1 fully saturated rings. The number of aliphatic imine (C=N–C) groups is 1. The maximum Gasteiger partial charge on any atom is 0.0967 e. The first-order valence-corrected chi connectivity index (χ1v) is 5.00. The molecule has 0 aromatic rings. The third-order valence-electron chi connectivity index (χ3n) is 2.94. The number of nitrogens with zero attached hydrogens (tertiary/aromatic N) is 1. The Morgan fingerprint density at radius 1 is 1.42 bits per heavy atom. The summed E-state index contributed by atoms with van der Waals surface area (Å²) >= 11 is 0. The molecule has 1 heterocycles. The molecule has 0 bridgehead atoms. The largest absolute Gasteiger partial charge is 0.369 e. The van der Waals surface area contributed by atoms with Crippen LogP contribution in [0.3, 0.4) is 0 Å². The van der Waals surface area contributed by atoms with Crippen molar-refractivity contribution in [3.63, 3.8) is 0 Å². The van der Waals surface area contributed by atoms with Gasteiger partial charge in [0.1, 0.15) is 0 Å². The predicted molar refractivity (Wildman–Crippen MR) is 51.5 cm³/mol. The zero-order valence-electron chi connectivity index (χ0n) is 8.06. The minimum atomic E-state index is 0.295. The molecule has 1 N–H and O–H groups in total. The lowest BCUT2D eigenvalue weighted by Crippen LogP contribution is -2.44. The van der Waals surface area contributed by atoms with E-state index in [0.29, 0.717) is 5.54 Å². The van der Waals surface area contributed by atoms with Gasteiger partial charge < -0.3 is 5.32 Å². The van der Waals surface area contributed by atoms with Crippen LogP contribution in [0.2, 0.25) is 0 Å². The first kappa shape index (κ1) is 8.09. The van der Waals surface area contributed by atoms with Crippen molar-refractivity contribution in [2.24, 2.45) is 10.9 Å². The molecule has 2 rings (SSSR count). The van der Waals surface area contributed by atoms with Crippen molar-refractivity contribution >= 4 is 5.84 Å². The predicted octanol–water partition coefficient (Wildman–Crippen LogP) is 1.96. The zero-order valence-corrected chi connectivity index (χ0v) is 8.06. The van der Waals surface area contributed by atoms with Crippen LogP contribution in [-0.2, 0) is 0 Å². The molecule has 0 saturated heterocycles. The standard InChI is InChI=1S/C10H18N2/c1-10(2,8-5-6-8)12-9-4-3-7-11-9/h8H,3-7H2,1-2H3,(H,11,12). The summed E-state index contributed by atoms with van der Waals surface area (Å²) in [5, 5.41) is 3.57. The van der Waals surface area contributed by atoms with Crippen LogP contribution in [0, 0.1) is 5.92 Å². The Morgan fingerprint density at radius 2 is 2.17 bits per heavy atom. The first-order valence-electron chi connectivity index (χ1n) is 5.00. The maximum atomic E-state index is 4.44. The van der Waals surface area contributed by atoms with Crippen LogP contribution in [0.4, 0.5) is 0 Å². The minimum Gasteiger partial charge on any atom is -0.369 e. The van der Waals surface area contributed by atoms with E-state index in [9.17, 15) is 0 Å². The van der Waals surface area contributed by atoms with Gasteiger partial charge in [-0.25, -0.2) is 0 Å². The Hall–Kier alpha value is -0.530. The lowest BCUT2D eigenvalue weighted by Gasteiger charge is -2.27. The molecule has 12 heavy (non-hydrogen) atoms. The molecular formula is C10H18N2. The molecule has 0 atom stereocenters. The zero-order chi connectivity index (χ0) is 8.60. The molecule has 2 nitrogen and oxygen atoms in total. The van der Waals surface area contributed by atoms with Crippen molar-refractivity contribution in [3.05, 3.63) is 0 Å². The number of hydrogen-bond donors (Lipinski definition) is 1. The van der Waals surface area contributed by atoms with Crippen LogP contribution in [0.5, 0.6) is 0 Å². The Bertz CT molecular complexity index is 202. The molecule has 2 aliphatic rings. The number of amidine groups is 1. The summed E-state index contributed by atoms with van der Waals surface area (Å²) in [4.78, 5) is 4.44. The first-order chi connectivity index (χ1) is 5.68. The SMILES string of the molecule is CC(C)(NC1=NCCC1)C1CC1. The van der Waals surface area contributed by atoms with Crippen LogP contribution in [0.25, 0.3) is 0 Å². The summed E-state index contributed by atoms with van der Waals surface area (Å²) in [5.41, 5.74) is 0.295. The van der Waals surface area contributed by atoms with Crippen molar-refractivity contribution in [3.8, 4) is 0 Å². The Balaban J connectivity index is 1.91. The van der Waals surface area contributed by atoms with Crippen LogP contribution in [-0.4, -0.2) is 17.9 Å². The van der Waals surface area contributed by atoms with Gasteiger partial charge in [0.05, 0.1) is 5.84 Å². The summed E-state index contributed by atoms with van der Waals surface area (Å²) < 4.78 is 0. The van der Waals surface area contributed by atoms with E-state index >= 15 is 0 Å². The maximum absolute atomic E-state index is 4.44. The molecule has 68 valence electrons. The van der Waals surface area contributed by atoms with Crippen molar-refractivity contribution in [1.29, 1.82) is 0 Å². The average Bonchev–Trinajstić information content (AvgIpc) is 2.74. The second-order valence-corrected chi connectivity index (χ2v) is 4.55. The van der Waals surface area contributed by atoms with Gasteiger partial charge in [0, 0.05) is 18.5 Å². The van der Waals surface area contributed by atoms with Gasteiger partial charge in [-0.05, 0) is 39.0 Å². The van der Waals surface area contributed by atoms with Crippen LogP contribution >= 0.6 is 0 Å². The smallest absolute Gasteiger partial charge is 0.0967 e. The van der Waals surface area contributed by atoms with Gasteiger partial charge in [-0.2, -0.15) is 0 Å². The van der Waals surface area contributed by atoms with Crippen LogP contribution in [0.15, 0.2) is 4.99 Å². The van der Waals surface area contributed by atoms with Crippen molar-refractivity contribution < 1.29 is 0 Å². The van der Waals surface area contributed by atoms with Crippen molar-refractivity contribution in [1.82, 2.24) is 5.32 Å². The molecule has 0 radical (unpaired) electrons. The van der Waals surface area contributed by atoms with E-state index < -0.39 is 0 Å². The van der Waals surface area contributed by atoms with E-state index in [1.807, 2.05) is 0 Å². The molecule has 1 saturated carbocycles. The van der Waals surface area contributed by atoms with Gasteiger partial charge >= 0.3 is 0 Å². The molecular weight excluding hydrogens is 148 g/mol. The molecule has 2 heteroatoms. The molecule has 1 aliphatic heterocycles. The summed E-state index contributed by atoms with van der Waals surface area (Å²) in [5.74, 6) is 2.13. The molecule has 0 aromatic carbocycles. The normalized spacial score (nSPS) is 24.0. The molecule has 0 aromatic heterocycles. The summed E-state index contributed by atoms with van der Waals surface area (Å²) in [6, 6.07) is 0. The Kier molecular flexibility index (Phi) is 1.85. The third-order valence-corrected chi connectivity index (χ3v) is 2.94. The highest BCUT2D eigenvalue weighted by Gasteiger charge is 2.38. The lowest BCUT2D eigenvalue weighted by atomic mass is 9.98. The number of hydrogen-bond acceptors (Lipinski definition) is 2. The van der Waals surface area contributed by atoms with Crippen LogP contribution < -0.4 is 5.32 Å². The molecule has 1 aliphatic carbocycles. The topological polar surface area (TPSA) is 24.4 Å². The quantitative estimate of drug-likeness (QED) is 0.666. The second-order valence-electron chi connectivity index (χ2n) is 4.55. The third kappa shape index (κ3) is 1.62. The highest BCUT2D eigenvalue weighted by molar-refractivity contribution is 5.84. The van der Waals surface area contributed by atoms with E-state index in [0.717, 1.165) is 18.9 Å². The van der Waals surface area contributed by atoms with Gasteiger partial charge in [-0.3, -0.25) is 4.99 Å². The highest BCUT2D eigenvalue weighted by atomic mass is 15.1. The van der Waals surface area contributed by atoms with E-state index in [4.69, 9.17) is 0 Å². The summed E-state index contributed by atoms with van der Waals surface area (Å²) in [6.45, 7) is 5.63. The number of nitrogens with one attached hydrogen (secondary N) is 1. The van der Waals surface area contributed by atoms with Gasteiger partial charge in [-0.15, -0.1) is 0 Å². The second kappa shape index (κ2) is 2.75.